The second kappa shape index (κ2) is 6.20. The number of benzene rings is 1. The predicted molar refractivity (Wildman–Crippen MR) is 84.9 cm³/mol. The number of carbonyl (C=O) groups excluding carboxylic acids is 1. The maximum Gasteiger partial charge on any atom is 0.435 e. The van der Waals surface area contributed by atoms with Crippen LogP contribution in [0.15, 0.2) is 18.2 Å². The standard InChI is InChI=1S/C18H14F7N3O/c19-8-3-7(4-9(20)5-8)1-2-12(16(26)29)28-15-13(14(27-28)18(23,24)25)10-6-11(10)17(15,21)22/h3-5,10-12H,1-2,6H2,(H2,26,29)/t10-,11+,12?/m0/s1. The molecule has 2 aliphatic carbocycles. The van der Waals surface area contributed by atoms with Gasteiger partial charge in [-0.1, -0.05) is 0 Å². The lowest BCUT2D eigenvalue weighted by atomic mass is 10.0. The highest BCUT2D eigenvalue weighted by molar-refractivity contribution is 5.78. The van der Waals surface area contributed by atoms with Crippen LogP contribution in [-0.4, -0.2) is 15.7 Å². The number of nitrogens with two attached hydrogens (primary N) is 1. The van der Waals surface area contributed by atoms with Gasteiger partial charge in [0, 0.05) is 17.5 Å². The number of halogens is 7. The molecule has 1 aromatic heterocycles. The minimum absolute atomic E-state index is 0.0847. The molecule has 1 saturated carbocycles. The molecule has 1 heterocycles. The predicted octanol–water partition coefficient (Wildman–Crippen LogP) is 4.05. The van der Waals surface area contributed by atoms with Gasteiger partial charge in [-0.15, -0.1) is 0 Å². The van der Waals surface area contributed by atoms with Crippen LogP contribution in [0.1, 0.15) is 47.3 Å². The van der Waals surface area contributed by atoms with Crippen molar-refractivity contribution in [1.82, 2.24) is 9.78 Å². The fourth-order valence-corrected chi connectivity index (χ4v) is 4.10. The number of alkyl halides is 5. The van der Waals surface area contributed by atoms with E-state index in [-0.39, 0.29) is 24.8 Å². The van der Waals surface area contributed by atoms with Gasteiger partial charge in [0.1, 0.15) is 23.4 Å². The summed E-state index contributed by atoms with van der Waals surface area (Å²) in [5.74, 6) is -8.74. The zero-order chi connectivity index (χ0) is 21.3. The van der Waals surface area contributed by atoms with Crippen molar-refractivity contribution in [2.24, 2.45) is 11.7 Å². The van der Waals surface area contributed by atoms with Gasteiger partial charge in [-0.3, -0.25) is 9.48 Å². The van der Waals surface area contributed by atoms with E-state index in [1.165, 1.54) is 0 Å². The quantitative estimate of drug-likeness (QED) is 0.741. The van der Waals surface area contributed by atoms with E-state index >= 15 is 0 Å². The first-order valence-electron chi connectivity index (χ1n) is 8.73. The van der Waals surface area contributed by atoms with E-state index in [0.29, 0.717) is 10.7 Å². The Hall–Kier alpha value is -2.59. The molecule has 1 aromatic carbocycles. The van der Waals surface area contributed by atoms with E-state index in [9.17, 15) is 35.5 Å². The molecule has 1 unspecified atom stereocenters. The van der Waals surface area contributed by atoms with Gasteiger partial charge >= 0.3 is 6.18 Å². The van der Waals surface area contributed by atoms with E-state index in [2.05, 4.69) is 5.10 Å². The molecule has 0 spiro atoms. The van der Waals surface area contributed by atoms with Crippen molar-refractivity contribution in [2.75, 3.05) is 0 Å². The van der Waals surface area contributed by atoms with Crippen molar-refractivity contribution in [3.05, 3.63) is 52.3 Å². The molecule has 11 heteroatoms. The minimum Gasteiger partial charge on any atom is -0.368 e. The third-order valence-corrected chi connectivity index (χ3v) is 5.41. The number of rotatable bonds is 5. The molecule has 3 atom stereocenters. The number of hydrogen-bond donors (Lipinski definition) is 1. The first-order chi connectivity index (χ1) is 13.4. The molecule has 2 aromatic rings. The van der Waals surface area contributed by atoms with Crippen molar-refractivity contribution in [2.45, 2.75) is 43.3 Å². The first kappa shape index (κ1) is 19.7. The summed E-state index contributed by atoms with van der Waals surface area (Å²) in [7, 11) is 0. The lowest BCUT2D eigenvalue weighted by Gasteiger charge is -2.21. The third kappa shape index (κ3) is 3.16. The molecule has 2 N–H and O–H groups in total. The normalized spacial score (nSPS) is 22.9. The van der Waals surface area contributed by atoms with Gasteiger partial charge in [0.2, 0.25) is 5.91 Å². The summed E-state index contributed by atoms with van der Waals surface area (Å²) in [5, 5.41) is 3.31. The van der Waals surface area contributed by atoms with Crippen LogP contribution in [0.3, 0.4) is 0 Å². The van der Waals surface area contributed by atoms with Gasteiger partial charge in [-0.2, -0.15) is 27.1 Å². The van der Waals surface area contributed by atoms with E-state index in [0.717, 1.165) is 12.1 Å². The second-order valence-corrected chi connectivity index (χ2v) is 7.36. The van der Waals surface area contributed by atoms with Crippen molar-refractivity contribution in [3.63, 3.8) is 0 Å². The van der Waals surface area contributed by atoms with Gasteiger partial charge in [-0.05, 0) is 42.9 Å². The second-order valence-electron chi connectivity index (χ2n) is 7.36. The van der Waals surface area contributed by atoms with E-state index < -0.39 is 64.5 Å². The largest absolute Gasteiger partial charge is 0.435 e. The Bertz CT molecular complexity index is 978. The lowest BCUT2D eigenvalue weighted by Crippen LogP contribution is -2.32. The Morgan fingerprint density at radius 1 is 1.24 bits per heavy atom. The maximum absolute atomic E-state index is 14.6. The summed E-state index contributed by atoms with van der Waals surface area (Å²) in [5.41, 5.74) is 2.39. The summed E-state index contributed by atoms with van der Waals surface area (Å²) in [6, 6.07) is 0.936. The number of fused-ring (bicyclic) bond motifs is 3. The Balaban J connectivity index is 1.73. The summed E-state index contributed by atoms with van der Waals surface area (Å²) in [6.45, 7) is 0. The molecular formula is C18H14F7N3O. The summed E-state index contributed by atoms with van der Waals surface area (Å²) in [6.07, 6.45) is -5.60. The number of primary amides is 1. The van der Waals surface area contributed by atoms with Crippen LogP contribution in [0.4, 0.5) is 30.7 Å². The minimum atomic E-state index is -4.98. The molecule has 0 radical (unpaired) electrons. The topological polar surface area (TPSA) is 60.9 Å². The molecule has 1 amide bonds. The highest BCUT2D eigenvalue weighted by Gasteiger charge is 2.68. The molecule has 0 aliphatic heterocycles. The van der Waals surface area contributed by atoms with E-state index in [4.69, 9.17) is 5.73 Å². The van der Waals surface area contributed by atoms with E-state index in [1.54, 1.807) is 0 Å². The number of hydrogen-bond acceptors (Lipinski definition) is 2. The molecule has 156 valence electrons. The van der Waals surface area contributed by atoms with Crippen LogP contribution in [0.25, 0.3) is 0 Å². The monoisotopic (exact) mass is 421 g/mol. The smallest absolute Gasteiger partial charge is 0.368 e. The van der Waals surface area contributed by atoms with Gasteiger partial charge in [0.15, 0.2) is 5.69 Å². The van der Waals surface area contributed by atoms with Crippen LogP contribution in [0, 0.1) is 17.6 Å². The molecule has 4 rings (SSSR count). The zero-order valence-corrected chi connectivity index (χ0v) is 14.6. The molecule has 0 saturated heterocycles. The average Bonchev–Trinajstić information content (AvgIpc) is 3.21. The van der Waals surface area contributed by atoms with E-state index in [1.807, 2.05) is 0 Å². The van der Waals surface area contributed by atoms with Crippen LogP contribution < -0.4 is 5.73 Å². The van der Waals surface area contributed by atoms with Gasteiger partial charge in [-0.25, -0.2) is 8.78 Å². The highest BCUT2D eigenvalue weighted by Crippen LogP contribution is 2.68. The fourth-order valence-electron chi connectivity index (χ4n) is 4.10. The molecule has 0 bridgehead atoms. The maximum atomic E-state index is 14.6. The lowest BCUT2D eigenvalue weighted by molar-refractivity contribution is -0.142. The zero-order valence-electron chi connectivity index (χ0n) is 14.6. The van der Waals surface area contributed by atoms with Crippen LogP contribution in [0.5, 0.6) is 0 Å². The van der Waals surface area contributed by atoms with Crippen LogP contribution in [0.2, 0.25) is 0 Å². The molecule has 4 nitrogen and oxygen atoms in total. The number of amides is 1. The molecule has 29 heavy (non-hydrogen) atoms. The number of carbonyl (C=O) groups is 1. The van der Waals surface area contributed by atoms with Crippen molar-refractivity contribution >= 4 is 5.91 Å². The average molecular weight is 421 g/mol. The molecule has 1 fully saturated rings. The van der Waals surface area contributed by atoms with Crippen LogP contribution >= 0.6 is 0 Å². The summed E-state index contributed by atoms with van der Waals surface area (Å²) in [4.78, 5) is 11.9. The van der Waals surface area contributed by atoms with Crippen LogP contribution in [-0.2, 0) is 23.3 Å². The Morgan fingerprint density at radius 2 is 1.86 bits per heavy atom. The fraction of sp³-hybridized carbons (Fsp3) is 0.444. The summed E-state index contributed by atoms with van der Waals surface area (Å²) < 4.78 is 96.5. The number of nitrogens with zero attached hydrogens (tertiary/aromatic N) is 2. The van der Waals surface area contributed by atoms with Crippen molar-refractivity contribution < 1.29 is 35.5 Å². The SMILES string of the molecule is NC(=O)C(CCc1cc(F)cc(F)c1)n1nc(C(F)(F)F)c2c1C(F)(F)[C@@H]1C[C@H]21. The van der Waals surface area contributed by atoms with Crippen molar-refractivity contribution in [1.29, 1.82) is 0 Å². The van der Waals surface area contributed by atoms with Crippen molar-refractivity contribution in [3.8, 4) is 0 Å². The highest BCUT2D eigenvalue weighted by atomic mass is 19.4. The van der Waals surface area contributed by atoms with Gasteiger partial charge in [0.25, 0.3) is 5.92 Å². The number of aryl methyl sites for hydroxylation is 1. The Kier molecular flexibility index (Phi) is 4.22. The molecular weight excluding hydrogens is 407 g/mol. The van der Waals surface area contributed by atoms with Gasteiger partial charge in [0.05, 0.1) is 0 Å². The van der Waals surface area contributed by atoms with Gasteiger partial charge < -0.3 is 5.73 Å². The third-order valence-electron chi connectivity index (χ3n) is 5.41. The number of aromatic nitrogens is 2. The Labute approximate surface area is 159 Å². The summed E-state index contributed by atoms with van der Waals surface area (Å²) >= 11 is 0. The first-order valence-corrected chi connectivity index (χ1v) is 8.73. The Morgan fingerprint density at radius 3 is 2.41 bits per heavy atom. The molecule has 2 aliphatic rings.